The number of piperidine rings is 1. The number of amides is 1. The van der Waals surface area contributed by atoms with Gasteiger partial charge >= 0.3 is 0 Å². The molecule has 1 aliphatic heterocycles. The van der Waals surface area contributed by atoms with Crippen molar-refractivity contribution < 1.29 is 4.79 Å². The minimum atomic E-state index is -0.255. The number of aromatic amines is 1. The van der Waals surface area contributed by atoms with Crippen molar-refractivity contribution in [2.24, 2.45) is 0 Å². The highest BCUT2D eigenvalue weighted by atomic mass is 16.2. The van der Waals surface area contributed by atoms with E-state index in [9.17, 15) is 9.59 Å². The van der Waals surface area contributed by atoms with Crippen LogP contribution in [0.2, 0.25) is 0 Å². The van der Waals surface area contributed by atoms with Crippen molar-refractivity contribution in [1.29, 1.82) is 0 Å². The van der Waals surface area contributed by atoms with E-state index in [-0.39, 0.29) is 23.9 Å². The van der Waals surface area contributed by atoms with Crippen LogP contribution in [0, 0.1) is 0 Å². The third-order valence-electron chi connectivity index (χ3n) is 4.78. The van der Waals surface area contributed by atoms with Gasteiger partial charge in [0.15, 0.2) is 0 Å². The second-order valence-electron chi connectivity index (χ2n) is 6.36. The van der Waals surface area contributed by atoms with Crippen LogP contribution in [-0.4, -0.2) is 43.6 Å². The Morgan fingerprint density at radius 1 is 1.28 bits per heavy atom. The highest BCUT2D eigenvalue weighted by Crippen LogP contribution is 2.25. The number of nitrogens with zero attached hydrogens (tertiary/aromatic N) is 4. The average molecular weight is 337 g/mol. The topological polar surface area (TPSA) is 83.9 Å². The molecule has 2 aromatic heterocycles. The van der Waals surface area contributed by atoms with Gasteiger partial charge in [0.05, 0.1) is 17.2 Å². The van der Waals surface area contributed by atoms with Crippen molar-refractivity contribution in [3.05, 3.63) is 58.8 Å². The predicted molar refractivity (Wildman–Crippen MR) is 93.1 cm³/mol. The minimum Gasteiger partial charge on any atom is -0.340 e. The first-order valence-corrected chi connectivity index (χ1v) is 8.44. The van der Waals surface area contributed by atoms with Crippen LogP contribution in [0.3, 0.4) is 0 Å². The fourth-order valence-corrected chi connectivity index (χ4v) is 3.46. The summed E-state index contributed by atoms with van der Waals surface area (Å²) in [5.74, 6) is 0.230. The van der Waals surface area contributed by atoms with E-state index >= 15 is 0 Å². The van der Waals surface area contributed by atoms with E-state index in [1.165, 1.54) is 10.8 Å². The van der Waals surface area contributed by atoms with E-state index in [1.807, 2.05) is 35.2 Å². The zero-order valence-corrected chi connectivity index (χ0v) is 13.8. The van der Waals surface area contributed by atoms with E-state index in [0.29, 0.717) is 17.6 Å². The highest BCUT2D eigenvalue weighted by Gasteiger charge is 2.26. The number of hydrogen-bond acceptors (Lipinski definition) is 4. The zero-order valence-electron chi connectivity index (χ0n) is 13.8. The number of fused-ring (bicyclic) bond motifs is 1. The number of likely N-dealkylation sites (tertiary alicyclic amines) is 1. The fourth-order valence-electron chi connectivity index (χ4n) is 3.46. The first-order chi connectivity index (χ1) is 12.2. The van der Waals surface area contributed by atoms with E-state index in [4.69, 9.17) is 0 Å². The molecule has 7 heteroatoms. The maximum atomic E-state index is 12.8. The summed E-state index contributed by atoms with van der Waals surface area (Å²) >= 11 is 0. The van der Waals surface area contributed by atoms with Crippen molar-refractivity contribution in [3.63, 3.8) is 0 Å². The van der Waals surface area contributed by atoms with Gasteiger partial charge in [-0.2, -0.15) is 5.10 Å². The Hall–Kier alpha value is -2.96. The molecule has 0 bridgehead atoms. The van der Waals surface area contributed by atoms with Crippen LogP contribution in [0.4, 0.5) is 0 Å². The molecule has 0 radical (unpaired) electrons. The maximum absolute atomic E-state index is 12.8. The smallest absolute Gasteiger partial charge is 0.269 e. The van der Waals surface area contributed by atoms with Crippen LogP contribution >= 0.6 is 0 Å². The number of carbonyl (C=O) groups is 1. The van der Waals surface area contributed by atoms with E-state index < -0.39 is 0 Å². The molecule has 1 fully saturated rings. The van der Waals surface area contributed by atoms with Gasteiger partial charge in [0, 0.05) is 30.9 Å². The monoisotopic (exact) mass is 337 g/mol. The second kappa shape index (κ2) is 6.51. The molecule has 1 atom stereocenters. The Bertz CT molecular complexity index is 948. The number of carbonyl (C=O) groups excluding carboxylic acids is 1. The van der Waals surface area contributed by atoms with Gasteiger partial charge in [-0.1, -0.05) is 12.1 Å². The quantitative estimate of drug-likeness (QED) is 0.785. The average Bonchev–Trinajstić information content (AvgIpc) is 3.19. The number of H-pyrrole nitrogens is 1. The molecular weight excluding hydrogens is 318 g/mol. The molecule has 1 N–H and O–H groups in total. The molecule has 25 heavy (non-hydrogen) atoms. The van der Waals surface area contributed by atoms with E-state index in [2.05, 4.69) is 15.2 Å². The number of hydrogen-bond donors (Lipinski definition) is 1. The van der Waals surface area contributed by atoms with E-state index in [1.54, 1.807) is 6.20 Å². The summed E-state index contributed by atoms with van der Waals surface area (Å²) in [7, 11) is 0. The minimum absolute atomic E-state index is 0.0392. The highest BCUT2D eigenvalue weighted by molar-refractivity contribution is 5.80. The lowest BCUT2D eigenvalue weighted by Crippen LogP contribution is -2.42. The van der Waals surface area contributed by atoms with Gasteiger partial charge in [0.2, 0.25) is 5.91 Å². The van der Waals surface area contributed by atoms with Crippen molar-refractivity contribution in [2.75, 3.05) is 13.1 Å². The van der Waals surface area contributed by atoms with Gasteiger partial charge < -0.3 is 4.90 Å². The van der Waals surface area contributed by atoms with Crippen molar-refractivity contribution in [2.45, 2.75) is 25.3 Å². The first kappa shape index (κ1) is 15.6. The molecule has 128 valence electrons. The number of nitrogens with one attached hydrogen (secondary N) is 1. The molecule has 1 aliphatic rings. The van der Waals surface area contributed by atoms with Gasteiger partial charge in [-0.15, -0.1) is 0 Å². The molecule has 1 saturated heterocycles. The molecule has 7 nitrogen and oxygen atoms in total. The van der Waals surface area contributed by atoms with E-state index in [0.717, 1.165) is 25.1 Å². The number of rotatable bonds is 3. The Kier molecular flexibility index (Phi) is 4.05. The van der Waals surface area contributed by atoms with Crippen LogP contribution in [0.1, 0.15) is 24.5 Å². The number of aromatic nitrogens is 4. The molecule has 4 rings (SSSR count). The van der Waals surface area contributed by atoms with Crippen LogP contribution in [0.15, 0.2) is 47.5 Å². The normalized spacial score (nSPS) is 17.8. The Balaban J connectivity index is 1.56. The summed E-state index contributed by atoms with van der Waals surface area (Å²) in [4.78, 5) is 31.0. The predicted octanol–water partition coefficient (Wildman–Crippen LogP) is 1.53. The van der Waals surface area contributed by atoms with Crippen LogP contribution in [0.25, 0.3) is 11.0 Å². The van der Waals surface area contributed by atoms with Crippen LogP contribution in [-0.2, 0) is 11.3 Å². The zero-order chi connectivity index (χ0) is 17.2. The van der Waals surface area contributed by atoms with Crippen molar-refractivity contribution >= 4 is 16.9 Å². The number of para-hydroxylation sites is 2. The van der Waals surface area contributed by atoms with Crippen molar-refractivity contribution in [3.8, 4) is 0 Å². The van der Waals surface area contributed by atoms with Gasteiger partial charge in [0.25, 0.3) is 5.56 Å². The SMILES string of the molecule is O=C(Cn1c(=O)cnc2ccccc21)N1CCCC(c2ccn[nH]2)C1. The lowest BCUT2D eigenvalue weighted by Gasteiger charge is -2.32. The largest absolute Gasteiger partial charge is 0.340 e. The lowest BCUT2D eigenvalue weighted by atomic mass is 9.95. The molecule has 1 unspecified atom stereocenters. The Labute approximate surface area is 144 Å². The fraction of sp³-hybridized carbons (Fsp3) is 0.333. The Morgan fingerprint density at radius 2 is 2.16 bits per heavy atom. The summed E-state index contributed by atoms with van der Waals surface area (Å²) < 4.78 is 1.50. The lowest BCUT2D eigenvalue weighted by molar-refractivity contribution is -0.133. The summed E-state index contributed by atoms with van der Waals surface area (Å²) in [6.45, 7) is 1.41. The third kappa shape index (κ3) is 3.05. The summed E-state index contributed by atoms with van der Waals surface area (Å²) in [5, 5.41) is 7.00. The third-order valence-corrected chi connectivity index (χ3v) is 4.78. The van der Waals surface area contributed by atoms with Gasteiger partial charge in [-0.3, -0.25) is 19.3 Å². The van der Waals surface area contributed by atoms with Gasteiger partial charge in [-0.25, -0.2) is 4.98 Å². The molecule has 1 amide bonds. The van der Waals surface area contributed by atoms with Gasteiger partial charge in [-0.05, 0) is 31.0 Å². The Morgan fingerprint density at radius 3 is 3.00 bits per heavy atom. The standard InChI is InChI=1S/C18H19N5O2/c24-17-10-19-15-5-1-2-6-16(15)23(17)12-18(25)22-9-3-4-13(11-22)14-7-8-20-21-14/h1-2,5-8,10,13H,3-4,9,11-12H2,(H,20,21). The molecule has 0 spiro atoms. The number of benzene rings is 1. The van der Waals surface area contributed by atoms with Crippen molar-refractivity contribution in [1.82, 2.24) is 24.6 Å². The summed E-state index contributed by atoms with van der Waals surface area (Å²) in [6.07, 6.45) is 4.99. The van der Waals surface area contributed by atoms with Gasteiger partial charge in [0.1, 0.15) is 6.54 Å². The maximum Gasteiger partial charge on any atom is 0.269 e. The molecule has 3 heterocycles. The molecule has 0 saturated carbocycles. The molecular formula is C18H19N5O2. The molecule has 1 aromatic carbocycles. The molecule has 0 aliphatic carbocycles. The second-order valence-corrected chi connectivity index (χ2v) is 6.36. The first-order valence-electron chi connectivity index (χ1n) is 8.44. The summed E-state index contributed by atoms with van der Waals surface area (Å²) in [5.41, 5.74) is 2.20. The summed E-state index contributed by atoms with van der Waals surface area (Å²) in [6, 6.07) is 9.33. The van der Waals surface area contributed by atoms with Crippen LogP contribution in [0.5, 0.6) is 0 Å². The molecule has 3 aromatic rings. The van der Waals surface area contributed by atoms with Crippen LogP contribution < -0.4 is 5.56 Å².